The van der Waals surface area contributed by atoms with E-state index in [2.05, 4.69) is 15.5 Å². The van der Waals surface area contributed by atoms with Crippen LogP contribution in [0.3, 0.4) is 0 Å². The van der Waals surface area contributed by atoms with Crippen molar-refractivity contribution in [2.45, 2.75) is 39.3 Å². The number of hydrogen-bond donors (Lipinski definition) is 2. The van der Waals surface area contributed by atoms with Crippen LogP contribution < -0.4 is 10.6 Å². The Hall–Kier alpha value is -2.86. The van der Waals surface area contributed by atoms with E-state index in [1.165, 1.54) is 0 Å². The summed E-state index contributed by atoms with van der Waals surface area (Å²) in [4.78, 5) is 26.7. The number of anilines is 1. The number of carbonyl (C=O) groups excluding carboxylic acids is 2. The Kier molecular flexibility index (Phi) is 6.56. The van der Waals surface area contributed by atoms with Gasteiger partial charge in [-0.25, -0.2) is 4.79 Å². The molecular formula is C25H31N3O3. The average Bonchev–Trinajstić information content (AvgIpc) is 2.79. The van der Waals surface area contributed by atoms with Crippen LogP contribution in [0.4, 0.5) is 10.5 Å². The molecule has 2 bridgehead atoms. The minimum absolute atomic E-state index is 0.0539. The third-order valence-corrected chi connectivity index (χ3v) is 6.21. The molecule has 3 aliphatic rings. The predicted molar refractivity (Wildman–Crippen MR) is 122 cm³/mol. The normalized spacial score (nSPS) is 22.2. The lowest BCUT2D eigenvalue weighted by molar-refractivity contribution is -0.125. The number of benzene rings is 2. The maximum atomic E-state index is 12.7. The van der Waals surface area contributed by atoms with E-state index in [9.17, 15) is 9.59 Å². The molecule has 0 unspecified atom stereocenters. The van der Waals surface area contributed by atoms with Gasteiger partial charge in [0.15, 0.2) is 0 Å². The Morgan fingerprint density at radius 3 is 2.16 bits per heavy atom. The molecule has 6 nitrogen and oxygen atoms in total. The van der Waals surface area contributed by atoms with E-state index in [4.69, 9.17) is 4.74 Å². The number of nitrogens with zero attached hydrogens (tertiary/aromatic N) is 1. The van der Waals surface area contributed by atoms with E-state index in [1.54, 1.807) is 0 Å². The molecule has 6 heteroatoms. The lowest BCUT2D eigenvalue weighted by Gasteiger charge is -2.43. The average molecular weight is 422 g/mol. The van der Waals surface area contributed by atoms with Crippen LogP contribution in [-0.4, -0.2) is 42.6 Å². The second-order valence-corrected chi connectivity index (χ2v) is 8.88. The van der Waals surface area contributed by atoms with Crippen LogP contribution in [0.5, 0.6) is 0 Å². The third kappa shape index (κ3) is 5.44. The molecular weight excluding hydrogens is 390 g/mol. The van der Waals surface area contributed by atoms with Gasteiger partial charge in [0, 0.05) is 18.3 Å². The summed E-state index contributed by atoms with van der Waals surface area (Å²) in [5, 5.41) is 5.81. The van der Waals surface area contributed by atoms with E-state index in [-0.39, 0.29) is 24.5 Å². The quantitative estimate of drug-likeness (QED) is 0.731. The molecule has 0 saturated carbocycles. The zero-order valence-electron chi connectivity index (χ0n) is 18.3. The number of rotatable bonds is 6. The van der Waals surface area contributed by atoms with Crippen LogP contribution in [0, 0.1) is 11.8 Å². The molecule has 0 spiro atoms. The number of fused-ring (bicyclic) bond motifs is 3. The van der Waals surface area contributed by atoms with Gasteiger partial charge in [-0.05, 0) is 74.5 Å². The second-order valence-electron chi connectivity index (χ2n) is 8.88. The summed E-state index contributed by atoms with van der Waals surface area (Å²) in [6.45, 7) is 7.20. The van der Waals surface area contributed by atoms with Crippen molar-refractivity contribution in [3.63, 3.8) is 0 Å². The van der Waals surface area contributed by atoms with Crippen LogP contribution in [0.25, 0.3) is 11.1 Å². The minimum atomic E-state index is -0.407. The van der Waals surface area contributed by atoms with E-state index < -0.39 is 6.09 Å². The van der Waals surface area contributed by atoms with Crippen molar-refractivity contribution in [3.05, 3.63) is 54.1 Å². The Labute approximate surface area is 184 Å². The van der Waals surface area contributed by atoms with Gasteiger partial charge in [-0.1, -0.05) is 36.4 Å². The molecule has 3 fully saturated rings. The van der Waals surface area contributed by atoms with Crippen molar-refractivity contribution >= 4 is 17.7 Å². The highest BCUT2D eigenvalue weighted by Crippen LogP contribution is 2.33. The summed E-state index contributed by atoms with van der Waals surface area (Å²) < 4.78 is 5.21. The Morgan fingerprint density at radius 1 is 1.00 bits per heavy atom. The largest absolute Gasteiger partial charge is 0.445 e. The van der Waals surface area contributed by atoms with Gasteiger partial charge in [0.05, 0.1) is 5.92 Å². The molecule has 3 aliphatic heterocycles. The van der Waals surface area contributed by atoms with Gasteiger partial charge in [0.1, 0.15) is 6.61 Å². The molecule has 164 valence electrons. The number of nitrogens with one attached hydrogen (secondary N) is 2. The molecule has 0 aromatic heterocycles. The van der Waals surface area contributed by atoms with E-state index in [0.29, 0.717) is 5.92 Å². The lowest BCUT2D eigenvalue weighted by atomic mass is 9.78. The first kappa shape index (κ1) is 21.4. The number of alkyl carbamates (subject to hydrolysis) is 1. The molecule has 2 N–H and O–H groups in total. The fourth-order valence-corrected chi connectivity index (χ4v) is 4.46. The van der Waals surface area contributed by atoms with Crippen LogP contribution in [0.2, 0.25) is 0 Å². The van der Waals surface area contributed by atoms with Crippen molar-refractivity contribution in [2.75, 3.05) is 25.0 Å². The highest BCUT2D eigenvalue weighted by atomic mass is 16.5. The number of carbonyl (C=O) groups is 2. The van der Waals surface area contributed by atoms with Crippen molar-refractivity contribution in [1.29, 1.82) is 0 Å². The molecule has 31 heavy (non-hydrogen) atoms. The lowest BCUT2D eigenvalue weighted by Crippen LogP contribution is -2.51. The molecule has 5 rings (SSSR count). The summed E-state index contributed by atoms with van der Waals surface area (Å²) in [7, 11) is 0. The SMILES string of the molecule is CC(C)NC(=O)OCc1ccc(-c2ccc(NC(=O)[C@H]3CN4CCC3CC4)cc2)cc1. The van der Waals surface area contributed by atoms with E-state index in [0.717, 1.165) is 54.9 Å². The smallest absolute Gasteiger partial charge is 0.407 e. The van der Waals surface area contributed by atoms with Crippen molar-refractivity contribution in [2.24, 2.45) is 11.8 Å². The van der Waals surface area contributed by atoms with Crippen molar-refractivity contribution in [3.8, 4) is 11.1 Å². The number of piperidine rings is 3. The first-order valence-corrected chi connectivity index (χ1v) is 11.1. The molecule has 0 radical (unpaired) electrons. The molecule has 2 aromatic rings. The summed E-state index contributed by atoms with van der Waals surface area (Å²) in [6.07, 6.45) is 1.87. The Balaban J connectivity index is 1.31. The number of hydrogen-bond acceptors (Lipinski definition) is 4. The van der Waals surface area contributed by atoms with E-state index >= 15 is 0 Å². The fraction of sp³-hybridized carbons (Fsp3) is 0.440. The monoisotopic (exact) mass is 421 g/mol. The highest BCUT2D eigenvalue weighted by Gasteiger charge is 2.38. The van der Waals surface area contributed by atoms with Crippen molar-refractivity contribution in [1.82, 2.24) is 10.2 Å². The summed E-state index contributed by atoms with van der Waals surface area (Å²) in [6, 6.07) is 16.0. The van der Waals surface area contributed by atoms with Crippen molar-refractivity contribution < 1.29 is 14.3 Å². The summed E-state index contributed by atoms with van der Waals surface area (Å²) >= 11 is 0. The maximum absolute atomic E-state index is 12.7. The van der Waals surface area contributed by atoms with Gasteiger partial charge in [0.25, 0.3) is 0 Å². The standard InChI is InChI=1S/C25H31N3O3/c1-17(2)26-25(30)31-16-18-3-5-19(6-4-18)20-7-9-22(10-8-20)27-24(29)23-15-28-13-11-21(23)12-14-28/h3-10,17,21,23H,11-16H2,1-2H3,(H,26,30)(H,27,29)/t23-/m0/s1. The summed E-state index contributed by atoms with van der Waals surface area (Å²) in [5.74, 6) is 0.788. The molecule has 1 atom stereocenters. The molecule has 2 amide bonds. The fourth-order valence-electron chi connectivity index (χ4n) is 4.46. The van der Waals surface area contributed by atoms with Crippen LogP contribution in [0.15, 0.2) is 48.5 Å². The Bertz CT molecular complexity index is 901. The number of amides is 2. The third-order valence-electron chi connectivity index (χ3n) is 6.21. The minimum Gasteiger partial charge on any atom is -0.445 e. The molecule has 2 aromatic carbocycles. The Morgan fingerprint density at radius 2 is 1.61 bits per heavy atom. The maximum Gasteiger partial charge on any atom is 0.407 e. The van der Waals surface area contributed by atoms with Gasteiger partial charge < -0.3 is 20.3 Å². The van der Waals surface area contributed by atoms with Gasteiger partial charge in [0.2, 0.25) is 5.91 Å². The first-order chi connectivity index (χ1) is 15.0. The molecule has 3 heterocycles. The van der Waals surface area contributed by atoms with Gasteiger partial charge in [-0.3, -0.25) is 4.79 Å². The van der Waals surface area contributed by atoms with Crippen LogP contribution in [-0.2, 0) is 16.1 Å². The van der Waals surface area contributed by atoms with Gasteiger partial charge in [-0.15, -0.1) is 0 Å². The molecule has 0 aliphatic carbocycles. The topological polar surface area (TPSA) is 70.7 Å². The first-order valence-electron chi connectivity index (χ1n) is 11.1. The summed E-state index contributed by atoms with van der Waals surface area (Å²) in [5.41, 5.74) is 3.92. The number of ether oxygens (including phenoxy) is 1. The van der Waals surface area contributed by atoms with Gasteiger partial charge >= 0.3 is 6.09 Å². The predicted octanol–water partition coefficient (Wildman–Crippen LogP) is 4.27. The second kappa shape index (κ2) is 9.52. The van der Waals surface area contributed by atoms with Gasteiger partial charge in [-0.2, -0.15) is 0 Å². The van der Waals surface area contributed by atoms with Crippen LogP contribution in [0.1, 0.15) is 32.3 Å². The zero-order valence-corrected chi connectivity index (χ0v) is 18.3. The zero-order chi connectivity index (χ0) is 21.8. The van der Waals surface area contributed by atoms with Crippen LogP contribution >= 0.6 is 0 Å². The van der Waals surface area contributed by atoms with E-state index in [1.807, 2.05) is 62.4 Å². The molecule has 3 saturated heterocycles. The highest BCUT2D eigenvalue weighted by molar-refractivity contribution is 5.93.